The standard InChI is InChI=1S/C35H55N3O5/c1-21-9-14-35(41-20-21)22(2)30-29(43-35)19-27-25-8-7-23-18-24(10-12-33(23,3)26(25)11-13-34(27,30)4)42-32(40)38-17-16-37-31(39)28-6-5-15-36-28/h7,21-22,24-30,36H,5-6,8-20H2,1-4H3,(H,37,39)(H,38,40)/t21-,22+,24+,25-,26+,27+,28+,29+,30+,33+,34+,35-/m1/s1. The van der Waals surface area contributed by atoms with Gasteiger partial charge in [0.2, 0.25) is 5.91 Å². The Hall–Kier alpha value is -1.64. The molecule has 0 bridgehead atoms. The summed E-state index contributed by atoms with van der Waals surface area (Å²) in [5.41, 5.74) is 2.05. The number of amides is 2. The monoisotopic (exact) mass is 597 g/mol. The molecule has 43 heavy (non-hydrogen) atoms. The van der Waals surface area contributed by atoms with Crippen molar-refractivity contribution in [1.29, 1.82) is 0 Å². The van der Waals surface area contributed by atoms with Crippen molar-refractivity contribution in [3.63, 3.8) is 0 Å². The Labute approximate surface area is 258 Å². The van der Waals surface area contributed by atoms with Crippen LogP contribution in [0.25, 0.3) is 0 Å². The number of ether oxygens (including phenoxy) is 3. The van der Waals surface area contributed by atoms with Crippen molar-refractivity contribution in [2.75, 3.05) is 26.2 Å². The van der Waals surface area contributed by atoms with Crippen molar-refractivity contribution < 1.29 is 23.8 Å². The molecule has 3 saturated carbocycles. The van der Waals surface area contributed by atoms with Crippen LogP contribution in [0.2, 0.25) is 0 Å². The summed E-state index contributed by atoms with van der Waals surface area (Å²) in [7, 11) is 0. The van der Waals surface area contributed by atoms with Crippen LogP contribution in [0.3, 0.4) is 0 Å². The number of hydrogen-bond acceptors (Lipinski definition) is 6. The van der Waals surface area contributed by atoms with E-state index in [1.54, 1.807) is 0 Å². The summed E-state index contributed by atoms with van der Waals surface area (Å²) in [5.74, 6) is 3.50. The molecular formula is C35H55N3O5. The smallest absolute Gasteiger partial charge is 0.407 e. The van der Waals surface area contributed by atoms with Gasteiger partial charge in [-0.2, -0.15) is 0 Å². The second-order valence-electron chi connectivity index (χ2n) is 15.9. The molecule has 0 aromatic heterocycles. The summed E-state index contributed by atoms with van der Waals surface area (Å²) in [6.45, 7) is 12.4. The molecule has 240 valence electrons. The number of fused-ring (bicyclic) bond motifs is 7. The van der Waals surface area contributed by atoms with Crippen LogP contribution in [0, 0.1) is 46.3 Å². The molecule has 1 spiro atoms. The first kappa shape index (κ1) is 30.0. The Morgan fingerprint density at radius 2 is 1.88 bits per heavy atom. The fraction of sp³-hybridized carbons (Fsp3) is 0.886. The number of carbonyl (C=O) groups is 2. The van der Waals surface area contributed by atoms with Gasteiger partial charge in [0.1, 0.15) is 6.10 Å². The topological polar surface area (TPSA) is 97.9 Å². The minimum absolute atomic E-state index is 0.0180. The molecule has 0 radical (unpaired) electrons. The summed E-state index contributed by atoms with van der Waals surface area (Å²) in [6, 6.07) is -0.0951. The number of allylic oxidation sites excluding steroid dienone is 1. The molecule has 3 aliphatic heterocycles. The third kappa shape index (κ3) is 5.06. The first-order chi connectivity index (χ1) is 20.6. The largest absolute Gasteiger partial charge is 0.446 e. The fourth-order valence-corrected chi connectivity index (χ4v) is 11.3. The SMILES string of the molecule is C[C@@H]1CC[C@@]2(OC1)O[C@H]1C[C@H]3[C@@H]4CC=C5C[C@@H](OC(=O)NCCNC(=O)[C@@H]6CCCN6)CC[C@]5(C)[C@H]4CC[C@]3(C)[C@H]1[C@@H]2C. The van der Waals surface area contributed by atoms with E-state index in [4.69, 9.17) is 14.2 Å². The molecule has 4 aliphatic carbocycles. The Balaban J connectivity index is 0.943. The Morgan fingerprint density at radius 1 is 1.05 bits per heavy atom. The van der Waals surface area contributed by atoms with E-state index >= 15 is 0 Å². The van der Waals surface area contributed by atoms with Crippen LogP contribution in [0.5, 0.6) is 0 Å². The van der Waals surface area contributed by atoms with Crippen LogP contribution in [0.15, 0.2) is 11.6 Å². The lowest BCUT2D eigenvalue weighted by atomic mass is 9.47. The van der Waals surface area contributed by atoms with Crippen LogP contribution >= 0.6 is 0 Å². The molecule has 0 aromatic rings. The average molecular weight is 598 g/mol. The highest BCUT2D eigenvalue weighted by atomic mass is 16.7. The quantitative estimate of drug-likeness (QED) is 0.293. The molecule has 3 N–H and O–H groups in total. The van der Waals surface area contributed by atoms with Gasteiger partial charge in [-0.05, 0) is 105 Å². The van der Waals surface area contributed by atoms with Crippen molar-refractivity contribution >= 4 is 12.0 Å². The average Bonchev–Trinajstić information content (AvgIpc) is 3.69. The van der Waals surface area contributed by atoms with E-state index in [1.807, 2.05) is 0 Å². The predicted octanol–water partition coefficient (Wildman–Crippen LogP) is 5.32. The number of nitrogens with one attached hydrogen (secondary N) is 3. The highest BCUT2D eigenvalue weighted by Gasteiger charge is 2.68. The van der Waals surface area contributed by atoms with E-state index in [0.29, 0.717) is 60.1 Å². The third-order valence-corrected chi connectivity index (χ3v) is 13.7. The first-order valence-corrected chi connectivity index (χ1v) is 17.6. The van der Waals surface area contributed by atoms with Crippen molar-refractivity contribution in [1.82, 2.24) is 16.0 Å². The van der Waals surface area contributed by atoms with Gasteiger partial charge < -0.3 is 30.2 Å². The first-order valence-electron chi connectivity index (χ1n) is 17.6. The molecule has 7 aliphatic rings. The molecule has 7 rings (SSSR count). The van der Waals surface area contributed by atoms with Crippen LogP contribution in [0.4, 0.5) is 4.79 Å². The maximum absolute atomic E-state index is 12.6. The van der Waals surface area contributed by atoms with Gasteiger partial charge in [-0.15, -0.1) is 0 Å². The van der Waals surface area contributed by atoms with Gasteiger partial charge in [0.15, 0.2) is 5.79 Å². The van der Waals surface area contributed by atoms with E-state index in [9.17, 15) is 9.59 Å². The highest BCUT2D eigenvalue weighted by molar-refractivity contribution is 5.82. The van der Waals surface area contributed by atoms with Crippen LogP contribution < -0.4 is 16.0 Å². The van der Waals surface area contributed by atoms with Gasteiger partial charge in [0.05, 0.1) is 18.8 Å². The normalized spacial score (nSPS) is 48.5. The van der Waals surface area contributed by atoms with Crippen molar-refractivity contribution in [2.45, 2.75) is 122 Å². The van der Waals surface area contributed by atoms with Crippen LogP contribution in [-0.4, -0.2) is 62.3 Å². The molecule has 2 amide bonds. The molecule has 8 nitrogen and oxygen atoms in total. The molecule has 8 heteroatoms. The van der Waals surface area contributed by atoms with Crippen molar-refractivity contribution in [3.05, 3.63) is 11.6 Å². The molecule has 0 unspecified atom stereocenters. The molecule has 3 saturated heterocycles. The molecule has 3 heterocycles. The van der Waals surface area contributed by atoms with Gasteiger partial charge in [-0.25, -0.2) is 4.79 Å². The molecule has 12 atom stereocenters. The lowest BCUT2D eigenvalue weighted by Crippen LogP contribution is -2.52. The minimum atomic E-state index is -0.370. The lowest BCUT2D eigenvalue weighted by molar-refractivity contribution is -0.272. The molecule has 0 aromatic carbocycles. The second-order valence-corrected chi connectivity index (χ2v) is 15.9. The number of carbonyl (C=O) groups excluding carboxylic acids is 2. The van der Waals surface area contributed by atoms with Crippen molar-refractivity contribution in [3.8, 4) is 0 Å². The second kappa shape index (κ2) is 11.3. The summed E-state index contributed by atoms with van der Waals surface area (Å²) < 4.78 is 19.3. The zero-order valence-corrected chi connectivity index (χ0v) is 26.9. The summed E-state index contributed by atoms with van der Waals surface area (Å²) in [4.78, 5) is 24.7. The molecule has 6 fully saturated rings. The van der Waals surface area contributed by atoms with Crippen LogP contribution in [-0.2, 0) is 19.0 Å². The number of alkyl carbamates (subject to hydrolysis) is 1. The summed E-state index contributed by atoms with van der Waals surface area (Å²) in [5, 5.41) is 8.95. The van der Waals surface area contributed by atoms with Crippen molar-refractivity contribution in [2.24, 2.45) is 46.3 Å². The van der Waals surface area contributed by atoms with Gasteiger partial charge in [0, 0.05) is 31.8 Å². The Kier molecular flexibility index (Phi) is 7.90. The predicted molar refractivity (Wildman–Crippen MR) is 164 cm³/mol. The number of hydrogen-bond donors (Lipinski definition) is 3. The van der Waals surface area contributed by atoms with Gasteiger partial charge in [-0.1, -0.05) is 39.3 Å². The zero-order chi connectivity index (χ0) is 30.0. The lowest BCUT2D eigenvalue weighted by Gasteiger charge is -2.58. The zero-order valence-electron chi connectivity index (χ0n) is 26.9. The maximum atomic E-state index is 12.6. The maximum Gasteiger partial charge on any atom is 0.407 e. The summed E-state index contributed by atoms with van der Waals surface area (Å²) >= 11 is 0. The highest BCUT2D eigenvalue weighted by Crippen LogP contribution is 2.70. The number of rotatable bonds is 5. The summed E-state index contributed by atoms with van der Waals surface area (Å²) in [6.07, 6.45) is 14.4. The third-order valence-electron chi connectivity index (χ3n) is 13.7. The van der Waals surface area contributed by atoms with E-state index < -0.39 is 0 Å². The van der Waals surface area contributed by atoms with Gasteiger partial charge in [-0.3, -0.25) is 4.79 Å². The fourth-order valence-electron chi connectivity index (χ4n) is 11.3. The van der Waals surface area contributed by atoms with Gasteiger partial charge in [0.25, 0.3) is 0 Å². The Morgan fingerprint density at radius 3 is 2.65 bits per heavy atom. The van der Waals surface area contributed by atoms with Crippen LogP contribution in [0.1, 0.15) is 98.3 Å². The van der Waals surface area contributed by atoms with E-state index in [2.05, 4.69) is 49.7 Å². The minimum Gasteiger partial charge on any atom is -0.446 e. The van der Waals surface area contributed by atoms with E-state index in [1.165, 1.54) is 31.3 Å². The van der Waals surface area contributed by atoms with Gasteiger partial charge >= 0.3 is 6.09 Å². The molecular weight excluding hydrogens is 542 g/mol. The Bertz CT molecular complexity index is 1110. The van der Waals surface area contributed by atoms with E-state index in [-0.39, 0.29) is 35.3 Å². The van der Waals surface area contributed by atoms with E-state index in [0.717, 1.165) is 58.1 Å².